The molecule has 1 aliphatic carbocycles. The Hall–Kier alpha value is -6.00. The van der Waals surface area contributed by atoms with Crippen LogP contribution in [-0.4, -0.2) is 14.5 Å². The fraction of sp³-hybridized carbons (Fsp3) is 0.0698. The molecule has 0 fully saturated rings. The summed E-state index contributed by atoms with van der Waals surface area (Å²) in [6, 6.07) is 49.1. The molecule has 0 saturated heterocycles. The Bertz CT molecular complexity index is 2710. The predicted octanol–water partition coefficient (Wildman–Crippen LogP) is 11.1. The van der Waals surface area contributed by atoms with Gasteiger partial charge in [0.15, 0.2) is 11.4 Å². The van der Waals surface area contributed by atoms with Crippen molar-refractivity contribution in [3.63, 3.8) is 0 Å². The van der Waals surface area contributed by atoms with E-state index in [2.05, 4.69) is 122 Å². The van der Waals surface area contributed by atoms with Gasteiger partial charge in [-0.25, -0.2) is 9.97 Å². The molecule has 0 spiro atoms. The number of hydrogen-bond acceptors (Lipinski definition) is 3. The number of para-hydroxylation sites is 3. The number of furan rings is 1. The summed E-state index contributed by atoms with van der Waals surface area (Å²) in [4.78, 5) is 10.3. The van der Waals surface area contributed by atoms with Crippen molar-refractivity contribution < 1.29 is 4.42 Å². The van der Waals surface area contributed by atoms with Gasteiger partial charge in [-0.3, -0.25) is 0 Å². The van der Waals surface area contributed by atoms with E-state index in [1.165, 1.54) is 38.5 Å². The SMILES string of the molecule is CC1(C)c2ccccc2-c2ccc3c(c21)c1ccccc1n3-c1ccccc1-c1nc(-c2ccccc2)nc2c1oc1ccccc12. The topological polar surface area (TPSA) is 43.9 Å². The number of aromatic nitrogens is 3. The third kappa shape index (κ3) is 3.58. The van der Waals surface area contributed by atoms with Crippen molar-refractivity contribution in [3.8, 4) is 39.5 Å². The molecule has 6 aromatic carbocycles. The van der Waals surface area contributed by atoms with Gasteiger partial charge in [-0.1, -0.05) is 123 Å². The molecule has 3 aromatic heterocycles. The van der Waals surface area contributed by atoms with Crippen molar-refractivity contribution in [2.45, 2.75) is 19.3 Å². The molecule has 47 heavy (non-hydrogen) atoms. The second-order valence-corrected chi connectivity index (χ2v) is 13.0. The van der Waals surface area contributed by atoms with Gasteiger partial charge in [-0.2, -0.15) is 0 Å². The molecule has 0 bridgehead atoms. The Balaban J connectivity index is 1.31. The molecule has 4 nitrogen and oxygen atoms in total. The largest absolute Gasteiger partial charge is 0.452 e. The van der Waals surface area contributed by atoms with Gasteiger partial charge in [0.1, 0.15) is 16.8 Å². The molecule has 4 heteroatoms. The van der Waals surface area contributed by atoms with Crippen molar-refractivity contribution in [2.75, 3.05) is 0 Å². The van der Waals surface area contributed by atoms with Gasteiger partial charge in [0.2, 0.25) is 0 Å². The predicted molar refractivity (Wildman–Crippen MR) is 192 cm³/mol. The van der Waals surface area contributed by atoms with Crippen LogP contribution in [0.15, 0.2) is 144 Å². The first-order chi connectivity index (χ1) is 23.1. The molecule has 0 amide bonds. The number of hydrogen-bond donors (Lipinski definition) is 0. The van der Waals surface area contributed by atoms with Gasteiger partial charge in [0, 0.05) is 32.7 Å². The Morgan fingerprint density at radius 2 is 1.28 bits per heavy atom. The van der Waals surface area contributed by atoms with Gasteiger partial charge >= 0.3 is 0 Å². The fourth-order valence-electron chi connectivity index (χ4n) is 7.95. The van der Waals surface area contributed by atoms with Gasteiger partial charge in [-0.15, -0.1) is 0 Å². The summed E-state index contributed by atoms with van der Waals surface area (Å²) in [7, 11) is 0. The van der Waals surface area contributed by atoms with Gasteiger partial charge in [-0.05, 0) is 52.6 Å². The third-order valence-electron chi connectivity index (χ3n) is 10.0. The van der Waals surface area contributed by atoms with Crippen molar-refractivity contribution in [1.29, 1.82) is 0 Å². The van der Waals surface area contributed by atoms with E-state index in [0.717, 1.165) is 44.5 Å². The van der Waals surface area contributed by atoms with Crippen LogP contribution in [0.4, 0.5) is 0 Å². The number of benzene rings is 6. The molecule has 1 aliphatic rings. The first-order valence-corrected chi connectivity index (χ1v) is 16.1. The first kappa shape index (κ1) is 26.2. The molecule has 0 aliphatic heterocycles. The summed E-state index contributed by atoms with van der Waals surface area (Å²) in [5, 5.41) is 3.53. The molecule has 10 rings (SSSR count). The lowest BCUT2D eigenvalue weighted by Crippen LogP contribution is -2.15. The zero-order valence-electron chi connectivity index (χ0n) is 26.0. The van der Waals surface area contributed by atoms with E-state index in [-0.39, 0.29) is 5.41 Å². The number of nitrogens with zero attached hydrogens (tertiary/aromatic N) is 3. The second-order valence-electron chi connectivity index (χ2n) is 13.0. The zero-order valence-corrected chi connectivity index (χ0v) is 26.0. The van der Waals surface area contributed by atoms with Crippen molar-refractivity contribution in [1.82, 2.24) is 14.5 Å². The molecule has 0 unspecified atom stereocenters. The van der Waals surface area contributed by atoms with Crippen LogP contribution in [0, 0.1) is 0 Å². The molecule has 9 aromatic rings. The minimum atomic E-state index is -0.141. The third-order valence-corrected chi connectivity index (χ3v) is 10.0. The van der Waals surface area contributed by atoms with Crippen molar-refractivity contribution in [3.05, 3.63) is 151 Å². The Kier molecular flexibility index (Phi) is 5.31. The molecule has 0 radical (unpaired) electrons. The second kappa shape index (κ2) is 9.51. The lowest BCUT2D eigenvalue weighted by atomic mass is 9.80. The van der Waals surface area contributed by atoms with Crippen LogP contribution in [0.3, 0.4) is 0 Å². The molecule has 0 N–H and O–H groups in total. The summed E-state index contributed by atoms with van der Waals surface area (Å²) >= 11 is 0. The van der Waals surface area contributed by atoms with E-state index >= 15 is 0 Å². The van der Waals surface area contributed by atoms with Gasteiger partial charge in [0.25, 0.3) is 0 Å². The zero-order chi connectivity index (χ0) is 31.3. The molecule has 3 heterocycles. The highest BCUT2D eigenvalue weighted by Gasteiger charge is 2.38. The lowest BCUT2D eigenvalue weighted by molar-refractivity contribution is 0.666. The van der Waals surface area contributed by atoms with E-state index in [0.29, 0.717) is 11.4 Å². The maximum atomic E-state index is 6.57. The molecule has 0 atom stereocenters. The highest BCUT2D eigenvalue weighted by Crippen LogP contribution is 2.53. The van der Waals surface area contributed by atoms with Crippen LogP contribution in [0.1, 0.15) is 25.0 Å². The van der Waals surface area contributed by atoms with Crippen LogP contribution < -0.4 is 0 Å². The van der Waals surface area contributed by atoms with E-state index in [9.17, 15) is 0 Å². The van der Waals surface area contributed by atoms with Gasteiger partial charge in [0.05, 0.1) is 16.7 Å². The smallest absolute Gasteiger partial charge is 0.180 e. The minimum Gasteiger partial charge on any atom is -0.452 e. The minimum absolute atomic E-state index is 0.141. The summed E-state index contributed by atoms with van der Waals surface area (Å²) in [6.07, 6.45) is 0. The normalized spacial score (nSPS) is 13.5. The number of fused-ring (bicyclic) bond motifs is 10. The van der Waals surface area contributed by atoms with E-state index in [1.807, 2.05) is 36.4 Å². The quantitative estimate of drug-likeness (QED) is 0.202. The summed E-state index contributed by atoms with van der Waals surface area (Å²) < 4.78 is 8.98. The van der Waals surface area contributed by atoms with Crippen molar-refractivity contribution in [2.24, 2.45) is 0 Å². The monoisotopic (exact) mass is 603 g/mol. The lowest BCUT2D eigenvalue weighted by Gasteiger charge is -2.22. The maximum Gasteiger partial charge on any atom is 0.180 e. The van der Waals surface area contributed by atoms with Crippen LogP contribution in [0.5, 0.6) is 0 Å². The highest BCUT2D eigenvalue weighted by molar-refractivity contribution is 6.15. The Labute approximate surface area is 271 Å². The van der Waals surface area contributed by atoms with E-state index < -0.39 is 0 Å². The van der Waals surface area contributed by atoms with Crippen LogP contribution >= 0.6 is 0 Å². The average Bonchev–Trinajstić information content (AvgIpc) is 3.74. The van der Waals surface area contributed by atoms with Crippen LogP contribution in [0.25, 0.3) is 83.3 Å². The molecular formula is C43H29N3O. The van der Waals surface area contributed by atoms with Crippen LogP contribution in [0.2, 0.25) is 0 Å². The summed E-state index contributed by atoms with van der Waals surface area (Å²) in [5.41, 5.74) is 13.7. The van der Waals surface area contributed by atoms with E-state index in [4.69, 9.17) is 14.4 Å². The molecule has 0 saturated carbocycles. The van der Waals surface area contributed by atoms with Gasteiger partial charge < -0.3 is 8.98 Å². The Morgan fingerprint density at radius 1 is 0.574 bits per heavy atom. The first-order valence-electron chi connectivity index (χ1n) is 16.1. The molecule has 222 valence electrons. The number of rotatable bonds is 3. The fourth-order valence-corrected chi connectivity index (χ4v) is 7.95. The summed E-state index contributed by atoms with van der Waals surface area (Å²) in [5.74, 6) is 0.675. The maximum absolute atomic E-state index is 6.57. The highest BCUT2D eigenvalue weighted by atomic mass is 16.3. The standard InChI is InChI=1S/C43H29N3O/c1-43(2)32-20-10-6-16-27(32)28-24-25-35-37(38(28)43)29-17-7-11-21-33(29)46(35)34-22-12-8-18-30(34)39-41-40(31-19-9-13-23-36(31)47-41)45-42(44-39)26-14-4-3-5-15-26/h3-25H,1-2H3. The molecular weight excluding hydrogens is 574 g/mol. The van der Waals surface area contributed by atoms with Crippen LogP contribution in [-0.2, 0) is 5.41 Å². The van der Waals surface area contributed by atoms with E-state index in [1.54, 1.807) is 0 Å². The summed E-state index contributed by atoms with van der Waals surface area (Å²) in [6.45, 7) is 4.73. The Morgan fingerprint density at radius 3 is 2.15 bits per heavy atom. The average molecular weight is 604 g/mol. The van der Waals surface area contributed by atoms with Crippen molar-refractivity contribution >= 4 is 43.9 Å².